The molecule has 1 aromatic heterocycles. The fraction of sp³-hybridized carbons (Fsp3) is 0.0909. The smallest absolute Gasteiger partial charge is 0.320 e. The molecule has 0 saturated carbocycles. The molecule has 0 radical (unpaired) electrons. The van der Waals surface area contributed by atoms with Crippen molar-refractivity contribution in [3.63, 3.8) is 0 Å². The van der Waals surface area contributed by atoms with Gasteiger partial charge in [-0.1, -0.05) is 24.3 Å². The summed E-state index contributed by atoms with van der Waals surface area (Å²) in [7, 11) is 1.56. The van der Waals surface area contributed by atoms with Gasteiger partial charge in [0.15, 0.2) is 0 Å². The highest BCUT2D eigenvalue weighted by Crippen LogP contribution is 2.24. The first-order valence-corrected chi connectivity index (χ1v) is 5.54. The highest BCUT2D eigenvalue weighted by Gasteiger charge is 2.05. The van der Waals surface area contributed by atoms with Crippen LogP contribution in [-0.4, -0.2) is 18.1 Å². The summed E-state index contributed by atoms with van der Waals surface area (Å²) in [4.78, 5) is 15.4. The number of aromatic nitrogens is 1. The highest BCUT2D eigenvalue weighted by molar-refractivity contribution is 9.10. The zero-order valence-electron chi connectivity index (χ0n) is 8.62. The fourth-order valence-electron chi connectivity index (χ4n) is 1.40. The second-order valence-electron chi connectivity index (χ2n) is 3.22. The quantitative estimate of drug-likeness (QED) is 0.789. The largest absolute Gasteiger partial charge is 0.341 e. The molecule has 0 aliphatic heterocycles. The third-order valence-electron chi connectivity index (χ3n) is 2.16. The molecule has 2 aromatic rings. The lowest BCUT2D eigenvalue weighted by molar-refractivity contribution is 0.254. The van der Waals surface area contributed by atoms with E-state index in [9.17, 15) is 4.79 Å². The van der Waals surface area contributed by atoms with Crippen LogP contribution in [0.3, 0.4) is 0 Å². The van der Waals surface area contributed by atoms with Crippen molar-refractivity contribution in [3.05, 3.63) is 34.9 Å². The van der Waals surface area contributed by atoms with E-state index in [1.165, 1.54) is 0 Å². The van der Waals surface area contributed by atoms with Crippen LogP contribution in [0.2, 0.25) is 0 Å². The molecular weight excluding hydrogens is 270 g/mol. The molecule has 2 amide bonds. The predicted octanol–water partition coefficient (Wildman–Crippen LogP) is 2.75. The number of hydrogen-bond acceptors (Lipinski definition) is 2. The van der Waals surface area contributed by atoms with Gasteiger partial charge in [-0.2, -0.15) is 0 Å². The van der Waals surface area contributed by atoms with Gasteiger partial charge < -0.3 is 5.32 Å². The van der Waals surface area contributed by atoms with Gasteiger partial charge in [-0.15, -0.1) is 0 Å². The number of benzene rings is 1. The molecule has 2 rings (SSSR count). The summed E-state index contributed by atoms with van der Waals surface area (Å²) in [6.45, 7) is 0. The van der Waals surface area contributed by atoms with E-state index in [1.807, 2.05) is 30.3 Å². The number of rotatable bonds is 1. The Morgan fingerprint density at radius 1 is 1.38 bits per heavy atom. The third-order valence-corrected chi connectivity index (χ3v) is 2.77. The number of nitrogens with zero attached hydrogens (tertiary/aromatic N) is 1. The lowest BCUT2D eigenvalue weighted by Gasteiger charge is -2.06. The van der Waals surface area contributed by atoms with Gasteiger partial charge in [0.25, 0.3) is 0 Å². The lowest BCUT2D eigenvalue weighted by Crippen LogP contribution is -2.24. The van der Waals surface area contributed by atoms with Crippen molar-refractivity contribution in [3.8, 4) is 0 Å². The van der Waals surface area contributed by atoms with Gasteiger partial charge in [-0.05, 0) is 27.4 Å². The van der Waals surface area contributed by atoms with Crippen molar-refractivity contribution in [1.29, 1.82) is 0 Å². The van der Waals surface area contributed by atoms with E-state index in [0.717, 1.165) is 15.4 Å². The minimum Gasteiger partial charge on any atom is -0.341 e. The van der Waals surface area contributed by atoms with E-state index in [0.29, 0.717) is 5.82 Å². The summed E-state index contributed by atoms with van der Waals surface area (Å²) >= 11 is 3.38. The molecule has 0 atom stereocenters. The van der Waals surface area contributed by atoms with Crippen LogP contribution in [0.15, 0.2) is 34.9 Å². The van der Waals surface area contributed by atoms with Crippen LogP contribution in [0.4, 0.5) is 10.6 Å². The number of fused-ring (bicyclic) bond motifs is 1. The molecule has 0 aliphatic rings. The van der Waals surface area contributed by atoms with Crippen LogP contribution in [0.5, 0.6) is 0 Å². The molecule has 0 saturated heterocycles. The van der Waals surface area contributed by atoms with E-state index < -0.39 is 0 Å². The standard InChI is InChI=1S/C11H10BrN3O/c1-13-11(16)15-9-6-7-4-2-3-5-8(7)10(12)14-9/h2-6H,1H3,(H2,13,14,15,16). The van der Waals surface area contributed by atoms with E-state index in [2.05, 4.69) is 31.5 Å². The fourth-order valence-corrected chi connectivity index (χ4v) is 1.95. The Bertz CT molecular complexity index is 542. The number of anilines is 1. The van der Waals surface area contributed by atoms with E-state index >= 15 is 0 Å². The van der Waals surface area contributed by atoms with E-state index in [1.54, 1.807) is 7.05 Å². The Kier molecular flexibility index (Phi) is 3.05. The van der Waals surface area contributed by atoms with Crippen LogP contribution in [0, 0.1) is 0 Å². The highest BCUT2D eigenvalue weighted by atomic mass is 79.9. The summed E-state index contributed by atoms with van der Waals surface area (Å²) in [5.74, 6) is 0.518. The topological polar surface area (TPSA) is 54.0 Å². The molecule has 0 unspecified atom stereocenters. The van der Waals surface area contributed by atoms with Gasteiger partial charge in [-0.3, -0.25) is 5.32 Å². The Balaban J connectivity index is 2.45. The van der Waals surface area contributed by atoms with Crippen LogP contribution >= 0.6 is 15.9 Å². The molecule has 2 N–H and O–H groups in total. The maximum absolute atomic E-state index is 11.2. The first kappa shape index (κ1) is 10.9. The van der Waals surface area contributed by atoms with E-state index in [-0.39, 0.29) is 6.03 Å². The first-order chi connectivity index (χ1) is 7.70. The number of carbonyl (C=O) groups is 1. The van der Waals surface area contributed by atoms with E-state index in [4.69, 9.17) is 0 Å². The van der Waals surface area contributed by atoms with Crippen molar-refractivity contribution in [1.82, 2.24) is 10.3 Å². The number of urea groups is 1. The van der Waals surface area contributed by atoms with Gasteiger partial charge in [0.1, 0.15) is 10.4 Å². The Morgan fingerprint density at radius 3 is 2.88 bits per heavy atom. The zero-order chi connectivity index (χ0) is 11.5. The normalized spacial score (nSPS) is 10.1. The SMILES string of the molecule is CNC(=O)Nc1cc2ccccc2c(Br)n1. The van der Waals surface area contributed by atoms with Gasteiger partial charge in [0.05, 0.1) is 0 Å². The summed E-state index contributed by atoms with van der Waals surface area (Å²) < 4.78 is 0.719. The minimum absolute atomic E-state index is 0.283. The summed E-state index contributed by atoms with van der Waals surface area (Å²) in [6.07, 6.45) is 0. The monoisotopic (exact) mass is 279 g/mol. The molecule has 0 fully saturated rings. The Morgan fingerprint density at radius 2 is 2.12 bits per heavy atom. The third kappa shape index (κ3) is 2.14. The molecule has 0 bridgehead atoms. The van der Waals surface area contributed by atoms with Gasteiger partial charge in [0, 0.05) is 12.4 Å². The van der Waals surface area contributed by atoms with Gasteiger partial charge in [-0.25, -0.2) is 9.78 Å². The molecule has 5 heteroatoms. The second kappa shape index (κ2) is 4.49. The number of nitrogens with one attached hydrogen (secondary N) is 2. The molecule has 1 aromatic carbocycles. The molecule has 16 heavy (non-hydrogen) atoms. The molecule has 82 valence electrons. The van der Waals surface area contributed by atoms with Crippen molar-refractivity contribution < 1.29 is 4.79 Å². The number of halogens is 1. The molecule has 0 spiro atoms. The van der Waals surface area contributed by atoms with Crippen LogP contribution in [-0.2, 0) is 0 Å². The average molecular weight is 280 g/mol. The van der Waals surface area contributed by atoms with Crippen LogP contribution < -0.4 is 10.6 Å². The van der Waals surface area contributed by atoms with Crippen molar-refractivity contribution in [2.24, 2.45) is 0 Å². The maximum atomic E-state index is 11.2. The average Bonchev–Trinajstić information content (AvgIpc) is 2.29. The zero-order valence-corrected chi connectivity index (χ0v) is 10.2. The summed E-state index contributed by atoms with van der Waals surface area (Å²) in [6, 6.07) is 9.37. The van der Waals surface area contributed by atoms with Crippen molar-refractivity contribution in [2.75, 3.05) is 12.4 Å². The molecular formula is C11H10BrN3O. The molecule has 4 nitrogen and oxygen atoms in total. The molecule has 0 aliphatic carbocycles. The van der Waals surface area contributed by atoms with Crippen molar-refractivity contribution >= 4 is 38.6 Å². The summed E-state index contributed by atoms with van der Waals surface area (Å²) in [5.41, 5.74) is 0. The van der Waals surface area contributed by atoms with Crippen molar-refractivity contribution in [2.45, 2.75) is 0 Å². The van der Waals surface area contributed by atoms with Gasteiger partial charge in [0.2, 0.25) is 0 Å². The number of carbonyl (C=O) groups excluding carboxylic acids is 1. The lowest BCUT2D eigenvalue weighted by atomic mass is 10.2. The Labute approximate surface area is 101 Å². The molecule has 1 heterocycles. The second-order valence-corrected chi connectivity index (χ2v) is 3.97. The van der Waals surface area contributed by atoms with Gasteiger partial charge >= 0.3 is 6.03 Å². The Hall–Kier alpha value is -1.62. The first-order valence-electron chi connectivity index (χ1n) is 4.75. The number of amides is 2. The number of hydrogen-bond donors (Lipinski definition) is 2. The predicted molar refractivity (Wildman–Crippen MR) is 67.5 cm³/mol. The summed E-state index contributed by atoms with van der Waals surface area (Å²) in [5, 5.41) is 7.15. The van der Waals surface area contributed by atoms with Crippen LogP contribution in [0.1, 0.15) is 0 Å². The minimum atomic E-state index is -0.283. The van der Waals surface area contributed by atoms with Crippen LogP contribution in [0.25, 0.3) is 10.8 Å². The number of pyridine rings is 1. The maximum Gasteiger partial charge on any atom is 0.320 e.